The van der Waals surface area contributed by atoms with E-state index in [4.69, 9.17) is 0 Å². The summed E-state index contributed by atoms with van der Waals surface area (Å²) in [6, 6.07) is 8.97. The maximum atomic E-state index is 4.03. The standard InChI is InChI=1S/C16H23N3/c1-14(2)16-5-3-15(4-6-16)7-8-17-9-11-19-12-10-18-13-19/h3-6,10,12-14,17H,7-9,11H2,1-2H3. The second kappa shape index (κ2) is 7.10. The van der Waals surface area contributed by atoms with Crippen molar-refractivity contribution < 1.29 is 0 Å². The van der Waals surface area contributed by atoms with Gasteiger partial charge >= 0.3 is 0 Å². The molecule has 1 heterocycles. The van der Waals surface area contributed by atoms with E-state index < -0.39 is 0 Å². The van der Waals surface area contributed by atoms with Gasteiger partial charge in [-0.3, -0.25) is 0 Å². The van der Waals surface area contributed by atoms with Crippen molar-refractivity contribution in [3.05, 3.63) is 54.1 Å². The zero-order chi connectivity index (χ0) is 13.5. The third-order valence-corrected chi connectivity index (χ3v) is 3.34. The molecular weight excluding hydrogens is 234 g/mol. The Morgan fingerprint density at radius 3 is 2.58 bits per heavy atom. The van der Waals surface area contributed by atoms with E-state index in [0.717, 1.165) is 26.1 Å². The predicted octanol–water partition coefficient (Wildman–Crippen LogP) is 2.84. The molecule has 0 radical (unpaired) electrons. The molecule has 0 saturated heterocycles. The van der Waals surface area contributed by atoms with Crippen LogP contribution in [0.25, 0.3) is 0 Å². The average Bonchev–Trinajstić information content (AvgIpc) is 2.92. The fraction of sp³-hybridized carbons (Fsp3) is 0.438. The Labute approximate surface area is 115 Å². The monoisotopic (exact) mass is 257 g/mol. The van der Waals surface area contributed by atoms with E-state index in [9.17, 15) is 0 Å². The lowest BCUT2D eigenvalue weighted by Gasteiger charge is -2.08. The molecule has 1 aromatic heterocycles. The second-order valence-corrected chi connectivity index (χ2v) is 5.20. The fourth-order valence-electron chi connectivity index (χ4n) is 2.05. The first-order valence-corrected chi connectivity index (χ1v) is 7.01. The highest BCUT2D eigenvalue weighted by atomic mass is 15.0. The van der Waals surface area contributed by atoms with Crippen LogP contribution in [0.3, 0.4) is 0 Å². The van der Waals surface area contributed by atoms with E-state index in [-0.39, 0.29) is 0 Å². The molecule has 0 saturated carbocycles. The molecule has 0 aliphatic rings. The van der Waals surface area contributed by atoms with E-state index in [1.807, 2.05) is 18.7 Å². The van der Waals surface area contributed by atoms with Crippen LogP contribution in [0, 0.1) is 0 Å². The van der Waals surface area contributed by atoms with Crippen molar-refractivity contribution in [2.45, 2.75) is 32.7 Å². The summed E-state index contributed by atoms with van der Waals surface area (Å²) in [5.74, 6) is 0.613. The van der Waals surface area contributed by atoms with Crippen molar-refractivity contribution in [3.63, 3.8) is 0 Å². The molecule has 2 rings (SSSR count). The van der Waals surface area contributed by atoms with Gasteiger partial charge in [-0.25, -0.2) is 4.98 Å². The SMILES string of the molecule is CC(C)c1ccc(CCNCCn2ccnc2)cc1. The molecule has 0 fully saturated rings. The van der Waals surface area contributed by atoms with Gasteiger partial charge in [-0.15, -0.1) is 0 Å². The predicted molar refractivity (Wildman–Crippen MR) is 79.3 cm³/mol. The summed E-state index contributed by atoms with van der Waals surface area (Å²) in [5.41, 5.74) is 2.82. The zero-order valence-corrected chi connectivity index (χ0v) is 11.8. The maximum Gasteiger partial charge on any atom is 0.0946 e. The number of rotatable bonds is 7. The van der Waals surface area contributed by atoms with Gasteiger partial charge in [-0.1, -0.05) is 38.1 Å². The molecule has 0 unspecified atom stereocenters. The van der Waals surface area contributed by atoms with E-state index in [1.165, 1.54) is 11.1 Å². The lowest BCUT2D eigenvalue weighted by atomic mass is 10.0. The minimum Gasteiger partial charge on any atom is -0.336 e. The summed E-state index contributed by atoms with van der Waals surface area (Å²) in [6.45, 7) is 7.45. The molecular formula is C16H23N3. The highest BCUT2D eigenvalue weighted by Gasteiger charge is 1.98. The Morgan fingerprint density at radius 1 is 1.16 bits per heavy atom. The number of nitrogens with one attached hydrogen (secondary N) is 1. The Kier molecular flexibility index (Phi) is 5.16. The van der Waals surface area contributed by atoms with Crippen LogP contribution >= 0.6 is 0 Å². The summed E-state index contributed by atoms with van der Waals surface area (Å²) in [4.78, 5) is 4.03. The van der Waals surface area contributed by atoms with Crippen molar-refractivity contribution in [2.75, 3.05) is 13.1 Å². The van der Waals surface area contributed by atoms with E-state index in [2.05, 4.69) is 53.0 Å². The van der Waals surface area contributed by atoms with Gasteiger partial charge in [0.2, 0.25) is 0 Å². The number of aromatic nitrogens is 2. The summed E-state index contributed by atoms with van der Waals surface area (Å²) in [7, 11) is 0. The third kappa shape index (κ3) is 4.52. The van der Waals surface area contributed by atoms with Crippen molar-refractivity contribution in [1.82, 2.24) is 14.9 Å². The van der Waals surface area contributed by atoms with Gasteiger partial charge in [0.25, 0.3) is 0 Å². The first kappa shape index (κ1) is 13.8. The van der Waals surface area contributed by atoms with Crippen LogP contribution in [-0.4, -0.2) is 22.6 Å². The summed E-state index contributed by atoms with van der Waals surface area (Å²) < 4.78 is 2.09. The van der Waals surface area contributed by atoms with Crippen LogP contribution in [-0.2, 0) is 13.0 Å². The first-order chi connectivity index (χ1) is 9.25. The van der Waals surface area contributed by atoms with Crippen molar-refractivity contribution in [1.29, 1.82) is 0 Å². The number of nitrogens with zero attached hydrogens (tertiary/aromatic N) is 2. The largest absolute Gasteiger partial charge is 0.336 e. The van der Waals surface area contributed by atoms with Gasteiger partial charge in [0.1, 0.15) is 0 Å². The van der Waals surface area contributed by atoms with Crippen molar-refractivity contribution in [2.24, 2.45) is 0 Å². The van der Waals surface area contributed by atoms with Crippen molar-refractivity contribution in [3.8, 4) is 0 Å². The Morgan fingerprint density at radius 2 is 1.95 bits per heavy atom. The molecule has 3 nitrogen and oxygen atoms in total. The molecule has 102 valence electrons. The molecule has 0 aliphatic carbocycles. The Hall–Kier alpha value is -1.61. The molecule has 19 heavy (non-hydrogen) atoms. The van der Waals surface area contributed by atoms with E-state index >= 15 is 0 Å². The van der Waals surface area contributed by atoms with Gasteiger partial charge in [0.15, 0.2) is 0 Å². The maximum absolute atomic E-state index is 4.03. The lowest BCUT2D eigenvalue weighted by molar-refractivity contribution is 0.598. The molecule has 0 spiro atoms. The smallest absolute Gasteiger partial charge is 0.0946 e. The molecule has 0 atom stereocenters. The Balaban J connectivity index is 1.65. The fourth-order valence-corrected chi connectivity index (χ4v) is 2.05. The zero-order valence-electron chi connectivity index (χ0n) is 11.8. The van der Waals surface area contributed by atoms with E-state index in [1.54, 1.807) is 0 Å². The highest BCUT2D eigenvalue weighted by Crippen LogP contribution is 2.14. The lowest BCUT2D eigenvalue weighted by Crippen LogP contribution is -2.21. The van der Waals surface area contributed by atoms with Gasteiger partial charge in [-0.05, 0) is 30.0 Å². The highest BCUT2D eigenvalue weighted by molar-refractivity contribution is 5.24. The minimum absolute atomic E-state index is 0.613. The number of hydrogen-bond donors (Lipinski definition) is 1. The molecule has 1 aromatic carbocycles. The third-order valence-electron chi connectivity index (χ3n) is 3.34. The Bertz CT molecular complexity index is 457. The first-order valence-electron chi connectivity index (χ1n) is 7.01. The molecule has 0 aliphatic heterocycles. The van der Waals surface area contributed by atoms with Crippen LogP contribution < -0.4 is 5.32 Å². The van der Waals surface area contributed by atoms with Crippen LogP contribution in [0.5, 0.6) is 0 Å². The second-order valence-electron chi connectivity index (χ2n) is 5.20. The molecule has 2 aromatic rings. The topological polar surface area (TPSA) is 29.9 Å². The molecule has 0 bridgehead atoms. The number of hydrogen-bond acceptors (Lipinski definition) is 2. The van der Waals surface area contributed by atoms with Gasteiger partial charge < -0.3 is 9.88 Å². The normalized spacial score (nSPS) is 11.1. The van der Waals surface area contributed by atoms with Gasteiger partial charge in [0.05, 0.1) is 6.33 Å². The number of benzene rings is 1. The summed E-state index contributed by atoms with van der Waals surface area (Å²) >= 11 is 0. The van der Waals surface area contributed by atoms with Crippen molar-refractivity contribution >= 4 is 0 Å². The van der Waals surface area contributed by atoms with Crippen LogP contribution in [0.1, 0.15) is 30.9 Å². The van der Waals surface area contributed by atoms with Crippen LogP contribution in [0.4, 0.5) is 0 Å². The average molecular weight is 257 g/mol. The quantitative estimate of drug-likeness (QED) is 0.773. The van der Waals surface area contributed by atoms with Gasteiger partial charge in [0, 0.05) is 25.5 Å². The van der Waals surface area contributed by atoms with E-state index in [0.29, 0.717) is 5.92 Å². The number of imidazole rings is 1. The summed E-state index contributed by atoms with van der Waals surface area (Å²) in [5, 5.41) is 3.46. The van der Waals surface area contributed by atoms with Crippen LogP contribution in [0.2, 0.25) is 0 Å². The molecule has 1 N–H and O–H groups in total. The minimum atomic E-state index is 0.613. The summed E-state index contributed by atoms with van der Waals surface area (Å²) in [6.07, 6.45) is 6.75. The molecule has 0 amide bonds. The molecule has 3 heteroatoms. The van der Waals surface area contributed by atoms with Crippen LogP contribution in [0.15, 0.2) is 43.0 Å². The van der Waals surface area contributed by atoms with Gasteiger partial charge in [-0.2, -0.15) is 0 Å².